The molecule has 2 aromatic carbocycles. The number of aryl methyl sites for hydroxylation is 1. The van der Waals surface area contributed by atoms with Crippen molar-refractivity contribution in [3.63, 3.8) is 0 Å². The summed E-state index contributed by atoms with van der Waals surface area (Å²) >= 11 is 0. The second-order valence-electron chi connectivity index (χ2n) is 9.49. The van der Waals surface area contributed by atoms with Gasteiger partial charge in [-0.2, -0.15) is 0 Å². The average molecular weight is 418 g/mol. The summed E-state index contributed by atoms with van der Waals surface area (Å²) in [6.07, 6.45) is 8.45. The van der Waals surface area contributed by atoms with E-state index in [0.717, 1.165) is 11.8 Å². The van der Waals surface area contributed by atoms with Gasteiger partial charge in [-0.15, -0.1) is 0 Å². The molecular weight excluding hydrogens is 382 g/mol. The fraction of sp³-hybridized carbons (Fsp3) is 0.407. The first-order chi connectivity index (χ1) is 14.5. The first-order valence-corrected chi connectivity index (χ1v) is 14.7. The molecule has 3 heteroatoms. The standard InChI is InChI=1S/C27H35NOSi/c1-5-18-29-27-21(2)12-11-13-22(27)20-30(3,4)26-19-25(28-16-9-6-10-17-28)23-14-7-8-15-24(23)26/h5,7-8,11-15,19,26H,1,6,9-10,16-18,20H2,2-4H3. The summed E-state index contributed by atoms with van der Waals surface area (Å²) < 4.78 is 6.09. The van der Waals surface area contributed by atoms with E-state index in [1.54, 1.807) is 0 Å². The maximum atomic E-state index is 6.09. The van der Waals surface area contributed by atoms with Crippen LogP contribution in [0.2, 0.25) is 13.1 Å². The molecule has 1 unspecified atom stereocenters. The molecular formula is C27H35NOSi. The lowest BCUT2D eigenvalue weighted by Gasteiger charge is -2.31. The number of fused-ring (bicyclic) bond motifs is 1. The summed E-state index contributed by atoms with van der Waals surface area (Å²) in [5.74, 6) is 1.06. The number of hydrogen-bond acceptors (Lipinski definition) is 2. The zero-order chi connectivity index (χ0) is 21.1. The highest BCUT2D eigenvalue weighted by molar-refractivity contribution is 6.79. The van der Waals surface area contributed by atoms with Crippen molar-refractivity contribution in [2.24, 2.45) is 0 Å². The minimum atomic E-state index is -1.67. The Bertz CT molecular complexity index is 940. The molecule has 0 amide bonds. The van der Waals surface area contributed by atoms with Gasteiger partial charge in [0.15, 0.2) is 0 Å². The van der Waals surface area contributed by atoms with Crippen LogP contribution in [0.15, 0.2) is 61.2 Å². The number of allylic oxidation sites excluding steroid dienone is 1. The molecule has 0 saturated carbocycles. The molecule has 1 fully saturated rings. The van der Waals surface area contributed by atoms with E-state index in [0.29, 0.717) is 12.1 Å². The molecule has 30 heavy (non-hydrogen) atoms. The molecule has 4 rings (SSSR count). The first kappa shape index (κ1) is 21.0. The van der Waals surface area contributed by atoms with Crippen LogP contribution in [0.4, 0.5) is 0 Å². The fourth-order valence-corrected chi connectivity index (χ4v) is 8.38. The second-order valence-corrected chi connectivity index (χ2v) is 14.4. The predicted octanol–water partition coefficient (Wildman–Crippen LogP) is 6.51. The molecule has 1 saturated heterocycles. The summed E-state index contributed by atoms with van der Waals surface area (Å²) in [4.78, 5) is 2.64. The van der Waals surface area contributed by atoms with Crippen molar-refractivity contribution in [2.45, 2.75) is 50.9 Å². The molecule has 0 spiro atoms. The van der Waals surface area contributed by atoms with Gasteiger partial charge >= 0.3 is 0 Å². The number of benzene rings is 2. The summed E-state index contributed by atoms with van der Waals surface area (Å²) in [6.45, 7) is 14.0. The molecule has 1 aliphatic carbocycles. The lowest BCUT2D eigenvalue weighted by atomic mass is 10.1. The topological polar surface area (TPSA) is 12.5 Å². The van der Waals surface area contributed by atoms with Gasteiger partial charge in [0.05, 0.1) is 8.07 Å². The Balaban J connectivity index is 1.66. The van der Waals surface area contributed by atoms with E-state index in [9.17, 15) is 0 Å². The Morgan fingerprint density at radius 3 is 2.60 bits per heavy atom. The molecule has 0 N–H and O–H groups in total. The van der Waals surface area contributed by atoms with E-state index in [2.05, 4.69) is 80.0 Å². The summed E-state index contributed by atoms with van der Waals surface area (Å²) in [7, 11) is -1.67. The van der Waals surface area contributed by atoms with Crippen molar-refractivity contribution in [1.29, 1.82) is 0 Å². The number of ether oxygens (including phenoxy) is 1. The van der Waals surface area contributed by atoms with Crippen molar-refractivity contribution < 1.29 is 4.74 Å². The van der Waals surface area contributed by atoms with Crippen LogP contribution < -0.4 is 4.74 Å². The summed E-state index contributed by atoms with van der Waals surface area (Å²) in [6, 6.07) is 16.8. The van der Waals surface area contributed by atoms with Crippen molar-refractivity contribution in [2.75, 3.05) is 19.7 Å². The highest BCUT2D eigenvalue weighted by Crippen LogP contribution is 2.44. The fourth-order valence-electron chi connectivity index (χ4n) is 5.20. The molecule has 2 aliphatic rings. The van der Waals surface area contributed by atoms with E-state index >= 15 is 0 Å². The molecule has 0 aromatic heterocycles. The van der Waals surface area contributed by atoms with Crippen LogP contribution in [0.1, 0.15) is 47.1 Å². The molecule has 0 radical (unpaired) electrons. The number of piperidine rings is 1. The third-order valence-electron chi connectivity index (χ3n) is 6.72. The average Bonchev–Trinajstić information content (AvgIpc) is 3.15. The molecule has 1 atom stereocenters. The van der Waals surface area contributed by atoms with Crippen molar-refractivity contribution in [1.82, 2.24) is 4.90 Å². The van der Waals surface area contributed by atoms with E-state index in [4.69, 9.17) is 4.74 Å². The second kappa shape index (κ2) is 8.85. The molecule has 1 heterocycles. The van der Waals surface area contributed by atoms with Gasteiger partial charge in [-0.05, 0) is 54.5 Å². The zero-order valence-electron chi connectivity index (χ0n) is 18.8. The lowest BCUT2D eigenvalue weighted by molar-refractivity contribution is 0.326. The van der Waals surface area contributed by atoms with Crippen LogP contribution in [0.3, 0.4) is 0 Å². The van der Waals surface area contributed by atoms with Gasteiger partial charge in [-0.3, -0.25) is 0 Å². The number of para-hydroxylation sites is 1. The maximum Gasteiger partial charge on any atom is 0.125 e. The Hall–Kier alpha value is -2.26. The summed E-state index contributed by atoms with van der Waals surface area (Å²) in [5.41, 5.74) is 7.61. The van der Waals surface area contributed by atoms with Gasteiger partial charge in [-0.1, -0.05) is 74.3 Å². The van der Waals surface area contributed by atoms with E-state index in [-0.39, 0.29) is 0 Å². The molecule has 2 nitrogen and oxygen atoms in total. The monoisotopic (exact) mass is 417 g/mol. The van der Waals surface area contributed by atoms with Gasteiger partial charge in [0, 0.05) is 24.4 Å². The number of hydrogen-bond donors (Lipinski definition) is 0. The highest BCUT2D eigenvalue weighted by atomic mass is 28.3. The predicted molar refractivity (Wildman–Crippen MR) is 131 cm³/mol. The van der Waals surface area contributed by atoms with Gasteiger partial charge in [0.25, 0.3) is 0 Å². The number of nitrogens with zero attached hydrogens (tertiary/aromatic N) is 1. The Morgan fingerprint density at radius 1 is 1.07 bits per heavy atom. The van der Waals surface area contributed by atoms with Crippen LogP contribution in [-0.4, -0.2) is 32.7 Å². The zero-order valence-corrected chi connectivity index (χ0v) is 19.8. The quantitative estimate of drug-likeness (QED) is 0.376. The van der Waals surface area contributed by atoms with Crippen molar-refractivity contribution in [3.8, 4) is 5.75 Å². The van der Waals surface area contributed by atoms with Gasteiger partial charge < -0.3 is 9.64 Å². The SMILES string of the molecule is C=CCOc1c(C)cccc1C[Si](C)(C)C1C=C(N2CCCCC2)c2ccccc21. The lowest BCUT2D eigenvalue weighted by Crippen LogP contribution is -2.37. The normalized spacial score (nSPS) is 18.7. The highest BCUT2D eigenvalue weighted by Gasteiger charge is 2.38. The van der Waals surface area contributed by atoms with Crippen LogP contribution >= 0.6 is 0 Å². The number of rotatable bonds is 7. The van der Waals surface area contributed by atoms with Crippen molar-refractivity contribution in [3.05, 3.63) is 83.4 Å². The summed E-state index contributed by atoms with van der Waals surface area (Å²) in [5, 5.41) is 0. The van der Waals surface area contributed by atoms with E-state index < -0.39 is 8.07 Å². The Labute approximate surface area is 183 Å². The largest absolute Gasteiger partial charge is 0.489 e. The molecule has 0 bridgehead atoms. The minimum absolute atomic E-state index is 0.540. The van der Waals surface area contributed by atoms with Gasteiger partial charge in [-0.25, -0.2) is 0 Å². The molecule has 1 aliphatic heterocycles. The Kier molecular flexibility index (Phi) is 6.19. The Morgan fingerprint density at radius 2 is 1.83 bits per heavy atom. The third kappa shape index (κ3) is 4.13. The minimum Gasteiger partial charge on any atom is -0.489 e. The van der Waals surface area contributed by atoms with Crippen LogP contribution in [-0.2, 0) is 6.04 Å². The number of likely N-dealkylation sites (tertiary alicyclic amines) is 1. The van der Waals surface area contributed by atoms with Crippen molar-refractivity contribution >= 4 is 13.8 Å². The van der Waals surface area contributed by atoms with Crippen LogP contribution in [0.5, 0.6) is 5.75 Å². The van der Waals surface area contributed by atoms with E-state index in [1.165, 1.54) is 60.3 Å². The van der Waals surface area contributed by atoms with Crippen LogP contribution in [0.25, 0.3) is 5.70 Å². The van der Waals surface area contributed by atoms with Gasteiger partial charge in [0.1, 0.15) is 12.4 Å². The molecule has 2 aromatic rings. The maximum absolute atomic E-state index is 6.09. The van der Waals surface area contributed by atoms with E-state index in [1.807, 2.05) is 6.08 Å². The van der Waals surface area contributed by atoms with Gasteiger partial charge in [0.2, 0.25) is 0 Å². The third-order valence-corrected chi connectivity index (χ3v) is 10.2. The first-order valence-electron chi connectivity index (χ1n) is 11.4. The smallest absolute Gasteiger partial charge is 0.125 e. The molecule has 158 valence electrons. The van der Waals surface area contributed by atoms with Crippen LogP contribution in [0, 0.1) is 6.92 Å².